The van der Waals surface area contributed by atoms with Gasteiger partial charge in [-0.15, -0.1) is 0 Å². The number of unbranched alkanes of at least 4 members (excludes halogenated alkanes) is 28. The molecule has 0 aromatic heterocycles. The molecule has 0 spiro atoms. The number of hydrogen-bond donors (Lipinski definition) is 0. The molecule has 0 heterocycles. The van der Waals surface area contributed by atoms with Gasteiger partial charge in [0.25, 0.3) is 0 Å². The van der Waals surface area contributed by atoms with Crippen LogP contribution >= 0.6 is 0 Å². The van der Waals surface area contributed by atoms with Crippen LogP contribution in [-0.4, -0.2) is 63.7 Å². The monoisotopic (exact) mass is 830 g/mol. The molecule has 312 valence electrons. The molecule has 2 aromatic rings. The Morgan fingerprint density at radius 3 is 0.691 bits per heavy atom. The van der Waals surface area contributed by atoms with E-state index >= 15 is 0 Å². The average Bonchev–Trinajstić information content (AvgIpc) is 3.14. The van der Waals surface area contributed by atoms with Gasteiger partial charge in [0.05, 0.1) is 9.79 Å². The Morgan fingerprint density at radius 2 is 0.509 bits per heavy atom. The molecule has 0 radical (unpaired) electrons. The van der Waals surface area contributed by atoms with Crippen molar-refractivity contribution in [3.63, 3.8) is 0 Å². The van der Waals surface area contributed by atoms with Gasteiger partial charge >= 0.3 is 37.7 Å². The Morgan fingerprint density at radius 1 is 0.327 bits per heavy atom. The van der Waals surface area contributed by atoms with Crippen molar-refractivity contribution in [3.05, 3.63) is 59.7 Å². The standard InChI is InChI=1S/2C23H40O3S.Ca/c2*1-2-3-4-5-6-7-8-9-10-11-12-13-14-15-16-17-22-18-20-23(21-19-22)27(24,25)26;/h2*18-21H,2-17H2,1H3,(H,24,25,26);/q;;+2/p-2. The maximum atomic E-state index is 10.9. The molecule has 0 atom stereocenters. The summed E-state index contributed by atoms with van der Waals surface area (Å²) in [6, 6.07) is 12.7. The third kappa shape index (κ3) is 33.1. The topological polar surface area (TPSA) is 114 Å². The van der Waals surface area contributed by atoms with Crippen molar-refractivity contribution in [2.45, 2.75) is 229 Å². The first-order valence-electron chi connectivity index (χ1n) is 22.2. The number of aryl methyl sites for hydroxylation is 2. The van der Waals surface area contributed by atoms with Crippen molar-refractivity contribution in [1.82, 2.24) is 0 Å². The SMILES string of the molecule is CCCCCCCCCCCCCCCCCc1ccc(S(=O)(=O)[O-])cc1.CCCCCCCCCCCCCCCCCc1ccc(S(=O)(=O)[O-])cc1.[Ca+2]. The Hall–Kier alpha value is -0.480. The fraction of sp³-hybridized carbons (Fsp3) is 0.739. The maximum absolute atomic E-state index is 10.9. The van der Waals surface area contributed by atoms with Crippen LogP contribution in [0.2, 0.25) is 0 Å². The fourth-order valence-corrected chi connectivity index (χ4v) is 7.99. The molecule has 55 heavy (non-hydrogen) atoms. The first-order chi connectivity index (χ1) is 26.1. The molecule has 0 bridgehead atoms. The smallest absolute Gasteiger partial charge is 0.744 e. The van der Waals surface area contributed by atoms with Crippen LogP contribution in [0.15, 0.2) is 58.3 Å². The van der Waals surface area contributed by atoms with E-state index in [0.29, 0.717) is 0 Å². The first kappa shape index (κ1) is 54.5. The van der Waals surface area contributed by atoms with Crippen LogP contribution in [-0.2, 0) is 33.1 Å². The van der Waals surface area contributed by atoms with Crippen LogP contribution < -0.4 is 0 Å². The molecule has 0 fully saturated rings. The molecule has 0 aliphatic heterocycles. The minimum Gasteiger partial charge on any atom is -0.744 e. The molecule has 0 saturated heterocycles. The summed E-state index contributed by atoms with van der Waals surface area (Å²) in [4.78, 5) is -0.273. The molecule has 2 aromatic carbocycles. The van der Waals surface area contributed by atoms with Gasteiger partial charge in [-0.25, -0.2) is 16.8 Å². The molecule has 0 aliphatic rings. The second-order valence-corrected chi connectivity index (χ2v) is 18.4. The molecule has 0 unspecified atom stereocenters. The van der Waals surface area contributed by atoms with E-state index in [2.05, 4.69) is 13.8 Å². The molecule has 2 rings (SSSR count). The predicted octanol–water partition coefficient (Wildman–Crippen LogP) is 13.6. The molecule has 6 nitrogen and oxygen atoms in total. The van der Waals surface area contributed by atoms with Gasteiger partial charge in [-0.05, 0) is 61.1 Å². The zero-order valence-corrected chi connectivity index (χ0v) is 39.1. The third-order valence-electron chi connectivity index (χ3n) is 10.6. The second kappa shape index (κ2) is 36.6. The van der Waals surface area contributed by atoms with Crippen LogP contribution in [0.25, 0.3) is 0 Å². The van der Waals surface area contributed by atoms with Crippen molar-refractivity contribution in [2.75, 3.05) is 0 Å². The van der Waals surface area contributed by atoms with Gasteiger partial charge in [-0.1, -0.05) is 218 Å². The fourth-order valence-electron chi connectivity index (χ4n) is 7.05. The van der Waals surface area contributed by atoms with Crippen molar-refractivity contribution >= 4 is 58.0 Å². The van der Waals surface area contributed by atoms with E-state index < -0.39 is 20.2 Å². The first-order valence-corrected chi connectivity index (χ1v) is 25.0. The van der Waals surface area contributed by atoms with Crippen LogP contribution in [0.1, 0.15) is 218 Å². The van der Waals surface area contributed by atoms with Gasteiger partial charge in [-0.2, -0.15) is 0 Å². The largest absolute Gasteiger partial charge is 2.00 e. The van der Waals surface area contributed by atoms with Crippen molar-refractivity contribution in [2.24, 2.45) is 0 Å². The third-order valence-corrected chi connectivity index (χ3v) is 12.3. The van der Waals surface area contributed by atoms with Gasteiger partial charge in [0.15, 0.2) is 0 Å². The second-order valence-electron chi connectivity index (χ2n) is 15.6. The van der Waals surface area contributed by atoms with E-state index in [9.17, 15) is 25.9 Å². The van der Waals surface area contributed by atoms with Crippen molar-refractivity contribution in [3.8, 4) is 0 Å². The van der Waals surface area contributed by atoms with Crippen LogP contribution in [0.4, 0.5) is 0 Å². The molecule has 9 heteroatoms. The average molecular weight is 831 g/mol. The molecular weight excluding hydrogens is 753 g/mol. The molecule has 0 N–H and O–H groups in total. The van der Waals surface area contributed by atoms with Gasteiger partial charge in [0.1, 0.15) is 20.2 Å². The van der Waals surface area contributed by atoms with Gasteiger partial charge < -0.3 is 9.11 Å². The summed E-state index contributed by atoms with van der Waals surface area (Å²) in [5, 5.41) is 0. The maximum Gasteiger partial charge on any atom is 2.00 e. The Bertz CT molecular complexity index is 1240. The van der Waals surface area contributed by atoms with Gasteiger partial charge in [0, 0.05) is 0 Å². The predicted molar refractivity (Wildman–Crippen MR) is 232 cm³/mol. The summed E-state index contributed by atoms with van der Waals surface area (Å²) in [6.07, 6.45) is 42.6. The van der Waals surface area contributed by atoms with E-state index in [-0.39, 0.29) is 47.5 Å². The summed E-state index contributed by atoms with van der Waals surface area (Å²) in [6.45, 7) is 4.54. The quantitative estimate of drug-likeness (QED) is 0.0394. The summed E-state index contributed by atoms with van der Waals surface area (Å²) in [5.41, 5.74) is 2.22. The normalized spacial score (nSPS) is 11.6. The van der Waals surface area contributed by atoms with E-state index in [1.54, 1.807) is 24.3 Å². The molecule has 0 saturated carbocycles. The van der Waals surface area contributed by atoms with Crippen LogP contribution in [0.5, 0.6) is 0 Å². The van der Waals surface area contributed by atoms with Crippen molar-refractivity contribution < 1.29 is 25.9 Å². The van der Waals surface area contributed by atoms with E-state index in [0.717, 1.165) is 36.8 Å². The molecule has 0 amide bonds. The van der Waals surface area contributed by atoms with Crippen LogP contribution in [0.3, 0.4) is 0 Å². The zero-order valence-electron chi connectivity index (χ0n) is 35.2. The van der Waals surface area contributed by atoms with E-state index in [1.165, 1.54) is 204 Å². The Labute approximate surface area is 369 Å². The van der Waals surface area contributed by atoms with E-state index in [1.807, 2.05) is 0 Å². The van der Waals surface area contributed by atoms with Gasteiger partial charge in [-0.3, -0.25) is 0 Å². The van der Waals surface area contributed by atoms with E-state index in [4.69, 9.17) is 0 Å². The Kier molecular flexibility index (Phi) is 36.3. The zero-order chi connectivity index (χ0) is 39.6. The summed E-state index contributed by atoms with van der Waals surface area (Å²) in [5.74, 6) is 0. The molecule has 0 aliphatic carbocycles. The number of benzene rings is 2. The summed E-state index contributed by atoms with van der Waals surface area (Å²) in [7, 11) is -8.64. The van der Waals surface area contributed by atoms with Crippen molar-refractivity contribution in [1.29, 1.82) is 0 Å². The van der Waals surface area contributed by atoms with Gasteiger partial charge in [0.2, 0.25) is 0 Å². The number of rotatable bonds is 34. The Balaban J connectivity index is 0.00000104. The number of hydrogen-bond acceptors (Lipinski definition) is 6. The van der Waals surface area contributed by atoms with Crippen LogP contribution in [0, 0.1) is 0 Å². The minimum absolute atomic E-state index is 0. The molecular formula is C46H78CaO6S2. The summed E-state index contributed by atoms with van der Waals surface area (Å²) < 4.78 is 65.4. The summed E-state index contributed by atoms with van der Waals surface area (Å²) >= 11 is 0. The minimum atomic E-state index is -4.32.